The van der Waals surface area contributed by atoms with Gasteiger partial charge in [0.1, 0.15) is 23.3 Å². The van der Waals surface area contributed by atoms with Crippen LogP contribution in [-0.4, -0.2) is 42.1 Å². The second kappa shape index (κ2) is 9.07. The number of anilines is 2. The van der Waals surface area contributed by atoms with E-state index in [1.807, 2.05) is 32.0 Å². The van der Waals surface area contributed by atoms with E-state index >= 15 is 0 Å². The van der Waals surface area contributed by atoms with Crippen molar-refractivity contribution >= 4 is 17.5 Å². The van der Waals surface area contributed by atoms with Crippen LogP contribution in [0.2, 0.25) is 0 Å². The van der Waals surface area contributed by atoms with Gasteiger partial charge in [-0.15, -0.1) is 0 Å². The van der Waals surface area contributed by atoms with Crippen LogP contribution in [0.4, 0.5) is 29.2 Å². The van der Waals surface area contributed by atoms with Crippen molar-refractivity contribution in [1.82, 2.24) is 15.3 Å². The van der Waals surface area contributed by atoms with Gasteiger partial charge in [0.05, 0.1) is 5.56 Å². The number of hydrogen-bond donors (Lipinski definition) is 2. The van der Waals surface area contributed by atoms with E-state index in [9.17, 15) is 22.4 Å². The molecule has 1 amide bonds. The molecular weight excluding hydrogens is 414 g/mol. The van der Waals surface area contributed by atoms with Gasteiger partial charge >= 0.3 is 6.18 Å². The molecule has 1 aliphatic carbocycles. The van der Waals surface area contributed by atoms with E-state index in [4.69, 9.17) is 0 Å². The molecule has 1 heterocycles. The third kappa shape index (κ3) is 5.83. The summed E-state index contributed by atoms with van der Waals surface area (Å²) in [6.45, 7) is 1.82. The zero-order valence-corrected chi connectivity index (χ0v) is 17.6. The molecule has 0 atom stereocenters. The Morgan fingerprint density at radius 2 is 1.71 bits per heavy atom. The van der Waals surface area contributed by atoms with Crippen molar-refractivity contribution in [2.45, 2.75) is 50.9 Å². The van der Waals surface area contributed by atoms with Crippen molar-refractivity contribution in [3.05, 3.63) is 47.0 Å². The molecule has 0 bridgehead atoms. The molecule has 0 radical (unpaired) electrons. The average molecular weight is 439 g/mol. The van der Waals surface area contributed by atoms with Gasteiger partial charge in [0.15, 0.2) is 0 Å². The van der Waals surface area contributed by atoms with Gasteiger partial charge in [-0.2, -0.15) is 13.2 Å². The van der Waals surface area contributed by atoms with Crippen LogP contribution >= 0.6 is 0 Å². The molecule has 2 N–H and O–H groups in total. The minimum absolute atomic E-state index is 0.158. The lowest BCUT2D eigenvalue weighted by molar-refractivity contribution is -0.140. The fourth-order valence-corrected chi connectivity index (χ4v) is 3.60. The zero-order valence-electron chi connectivity index (χ0n) is 17.6. The Labute approximate surface area is 178 Å². The van der Waals surface area contributed by atoms with Gasteiger partial charge in [0.2, 0.25) is 0 Å². The maximum absolute atomic E-state index is 13.4. The molecule has 1 saturated carbocycles. The number of benzene rings is 1. The number of nitrogens with zero attached hydrogens (tertiary/aromatic N) is 3. The largest absolute Gasteiger partial charge is 0.419 e. The summed E-state index contributed by atoms with van der Waals surface area (Å²) < 4.78 is 52.1. The molecule has 2 aromatic rings. The number of aryl methyl sites for hydroxylation is 1. The third-order valence-corrected chi connectivity index (χ3v) is 5.23. The Hall–Kier alpha value is -2.91. The van der Waals surface area contributed by atoms with Crippen LogP contribution in [0.3, 0.4) is 0 Å². The highest BCUT2D eigenvalue weighted by atomic mass is 19.4. The normalized spacial score (nSPS) is 19.1. The molecule has 0 aliphatic heterocycles. The second-order valence-corrected chi connectivity index (χ2v) is 7.91. The summed E-state index contributed by atoms with van der Waals surface area (Å²) in [5, 5.41) is 6.16. The number of rotatable bonds is 5. The van der Waals surface area contributed by atoms with Gasteiger partial charge in [0, 0.05) is 37.8 Å². The van der Waals surface area contributed by atoms with Crippen LogP contribution in [0, 0.1) is 12.7 Å². The summed E-state index contributed by atoms with van der Waals surface area (Å²) in [7, 11) is 3.80. The lowest BCUT2D eigenvalue weighted by atomic mass is 9.91. The molecule has 1 aliphatic rings. The van der Waals surface area contributed by atoms with Crippen LogP contribution < -0.4 is 15.5 Å². The molecule has 168 valence electrons. The Kier molecular flexibility index (Phi) is 6.66. The highest BCUT2D eigenvalue weighted by Gasteiger charge is 2.35. The maximum atomic E-state index is 13.4. The van der Waals surface area contributed by atoms with Gasteiger partial charge in [-0.25, -0.2) is 14.4 Å². The summed E-state index contributed by atoms with van der Waals surface area (Å²) in [4.78, 5) is 23.0. The summed E-state index contributed by atoms with van der Waals surface area (Å²) in [6, 6.07) is 4.16. The standard InChI is InChI=1S/C21H25F4N5O/c1-12-26-18(11-19(27-12)30(2)3)28-14-5-7-15(8-6-14)29-20(31)13-4-9-17(22)16(10-13)21(23,24)25/h4,9-11,14-15H,5-8H2,1-3H3,(H,29,31)(H,26,27,28). The Morgan fingerprint density at radius 3 is 2.32 bits per heavy atom. The molecule has 0 spiro atoms. The highest BCUT2D eigenvalue weighted by molar-refractivity contribution is 5.94. The number of carbonyl (C=O) groups is 1. The van der Waals surface area contributed by atoms with Crippen molar-refractivity contribution in [3.63, 3.8) is 0 Å². The number of amides is 1. The smallest absolute Gasteiger partial charge is 0.367 e. The summed E-state index contributed by atoms with van der Waals surface area (Å²) in [5.74, 6) is 0.160. The van der Waals surface area contributed by atoms with Gasteiger partial charge < -0.3 is 15.5 Å². The van der Waals surface area contributed by atoms with E-state index in [0.29, 0.717) is 30.8 Å². The number of nitrogens with one attached hydrogen (secondary N) is 2. The first kappa shape index (κ1) is 22.8. The molecule has 0 unspecified atom stereocenters. The molecule has 10 heteroatoms. The average Bonchev–Trinajstić information content (AvgIpc) is 2.68. The van der Waals surface area contributed by atoms with Crippen LogP contribution in [0.1, 0.15) is 47.4 Å². The first-order valence-corrected chi connectivity index (χ1v) is 10.00. The van der Waals surface area contributed by atoms with Crippen LogP contribution in [0.15, 0.2) is 24.3 Å². The SMILES string of the molecule is Cc1nc(NC2CCC(NC(=O)c3ccc(F)c(C(F)(F)F)c3)CC2)cc(N(C)C)n1. The molecule has 1 aromatic carbocycles. The maximum Gasteiger partial charge on any atom is 0.419 e. The van der Waals surface area contributed by atoms with Crippen molar-refractivity contribution in [2.24, 2.45) is 0 Å². The van der Waals surface area contributed by atoms with Gasteiger partial charge in [-0.3, -0.25) is 4.79 Å². The van der Waals surface area contributed by atoms with Crippen LogP contribution in [0.5, 0.6) is 0 Å². The van der Waals surface area contributed by atoms with Crippen molar-refractivity contribution in [2.75, 3.05) is 24.3 Å². The first-order valence-electron chi connectivity index (χ1n) is 10.00. The molecular formula is C21H25F4N5O. The Morgan fingerprint density at radius 1 is 1.06 bits per heavy atom. The summed E-state index contributed by atoms with van der Waals surface area (Å²) in [6.07, 6.45) is -1.98. The fraction of sp³-hybridized carbons (Fsp3) is 0.476. The van der Waals surface area contributed by atoms with Crippen molar-refractivity contribution in [1.29, 1.82) is 0 Å². The third-order valence-electron chi connectivity index (χ3n) is 5.23. The lowest BCUT2D eigenvalue weighted by Gasteiger charge is -2.30. The van der Waals surface area contributed by atoms with Crippen LogP contribution in [0.25, 0.3) is 0 Å². The molecule has 1 fully saturated rings. The summed E-state index contributed by atoms with van der Waals surface area (Å²) >= 11 is 0. The van der Waals surface area contributed by atoms with Crippen molar-refractivity contribution in [3.8, 4) is 0 Å². The van der Waals surface area contributed by atoms with Gasteiger partial charge in [0.25, 0.3) is 5.91 Å². The number of aromatic nitrogens is 2. The molecule has 31 heavy (non-hydrogen) atoms. The molecule has 3 rings (SSSR count). The quantitative estimate of drug-likeness (QED) is 0.685. The van der Waals surface area contributed by atoms with E-state index in [2.05, 4.69) is 20.6 Å². The number of halogens is 4. The van der Waals surface area contributed by atoms with E-state index in [-0.39, 0.29) is 17.6 Å². The molecule has 0 saturated heterocycles. The minimum Gasteiger partial charge on any atom is -0.367 e. The minimum atomic E-state index is -4.85. The monoisotopic (exact) mass is 439 g/mol. The summed E-state index contributed by atoms with van der Waals surface area (Å²) in [5.41, 5.74) is -1.65. The molecule has 6 nitrogen and oxygen atoms in total. The lowest BCUT2D eigenvalue weighted by Crippen LogP contribution is -2.40. The van der Waals surface area contributed by atoms with E-state index in [1.54, 1.807) is 0 Å². The van der Waals surface area contributed by atoms with Crippen molar-refractivity contribution < 1.29 is 22.4 Å². The highest BCUT2D eigenvalue weighted by Crippen LogP contribution is 2.32. The van der Waals surface area contributed by atoms with E-state index in [1.165, 1.54) is 0 Å². The molecule has 1 aromatic heterocycles. The number of hydrogen-bond acceptors (Lipinski definition) is 5. The van der Waals surface area contributed by atoms with Gasteiger partial charge in [-0.05, 0) is 50.8 Å². The number of alkyl halides is 3. The Bertz CT molecular complexity index is 940. The topological polar surface area (TPSA) is 70.2 Å². The predicted molar refractivity (Wildman–Crippen MR) is 110 cm³/mol. The zero-order chi connectivity index (χ0) is 22.8. The second-order valence-electron chi connectivity index (χ2n) is 7.91. The van der Waals surface area contributed by atoms with E-state index in [0.717, 1.165) is 30.5 Å². The predicted octanol–water partition coefficient (Wildman–Crippen LogP) is 4.16. The fourth-order valence-electron chi connectivity index (χ4n) is 3.60. The van der Waals surface area contributed by atoms with Crippen LogP contribution in [-0.2, 0) is 6.18 Å². The first-order chi connectivity index (χ1) is 14.5. The van der Waals surface area contributed by atoms with Gasteiger partial charge in [-0.1, -0.05) is 0 Å². The number of carbonyl (C=O) groups excluding carboxylic acids is 1. The Balaban J connectivity index is 1.57. The van der Waals surface area contributed by atoms with E-state index < -0.39 is 23.5 Å².